The van der Waals surface area contributed by atoms with Crippen LogP contribution in [0.3, 0.4) is 0 Å². The average molecular weight is 357 g/mol. The predicted molar refractivity (Wildman–Crippen MR) is 75.4 cm³/mol. The maximum absolute atomic E-state index is 12.0. The summed E-state index contributed by atoms with van der Waals surface area (Å²) in [6.07, 6.45) is 1.34. The van der Waals surface area contributed by atoms with E-state index in [1.54, 1.807) is 12.1 Å². The highest BCUT2D eigenvalue weighted by Crippen LogP contribution is 2.23. The van der Waals surface area contributed by atoms with Crippen LogP contribution in [-0.2, 0) is 9.59 Å². The largest absolute Gasteiger partial charge is 0.334 e. The third-order valence-electron chi connectivity index (χ3n) is 2.60. The Kier molecular flexibility index (Phi) is 4.15. The number of hydrogen-bond donors (Lipinski definition) is 0. The Labute approximate surface area is 126 Å². The third-order valence-corrected chi connectivity index (χ3v) is 4.26. The molecule has 104 valence electrons. The molecule has 2 rings (SSSR count). The van der Waals surface area contributed by atoms with Crippen molar-refractivity contribution in [1.29, 1.82) is 0 Å². The summed E-state index contributed by atoms with van der Waals surface area (Å²) in [6, 6.07) is 2.50. The molecule has 0 aliphatic carbocycles. The van der Waals surface area contributed by atoms with Crippen molar-refractivity contribution >= 4 is 50.9 Å². The molecular weight excluding hydrogens is 348 g/mol. The van der Waals surface area contributed by atoms with Gasteiger partial charge in [-0.2, -0.15) is 0 Å². The minimum Gasteiger partial charge on any atom is -0.291 e. The second-order valence-electron chi connectivity index (χ2n) is 3.91. The number of ketones is 1. The number of nitrogens with zero attached hydrogens (tertiary/aromatic N) is 2. The monoisotopic (exact) mass is 356 g/mol. The standard InChI is InChI=1S/C12H9BrN2O4S/c1-2-5-14-10(17)11(18)15(12(14)19)6-7(16)8-3-4-9(13)20-8/h2-4H,1,5-6H2. The molecule has 4 amide bonds. The maximum Gasteiger partial charge on any atom is 0.334 e. The van der Waals surface area contributed by atoms with Gasteiger partial charge in [-0.1, -0.05) is 6.08 Å². The second-order valence-corrected chi connectivity index (χ2v) is 6.37. The average Bonchev–Trinajstić information content (AvgIpc) is 2.92. The molecular formula is C12H9BrN2O4S. The molecule has 1 saturated heterocycles. The molecule has 1 aromatic rings. The zero-order valence-corrected chi connectivity index (χ0v) is 12.6. The summed E-state index contributed by atoms with van der Waals surface area (Å²) >= 11 is 4.42. The van der Waals surface area contributed by atoms with Gasteiger partial charge in [-0.25, -0.2) is 9.69 Å². The number of imide groups is 2. The van der Waals surface area contributed by atoms with Gasteiger partial charge >= 0.3 is 17.8 Å². The molecule has 1 fully saturated rings. The Balaban J connectivity index is 2.15. The van der Waals surface area contributed by atoms with Gasteiger partial charge in [0, 0.05) is 6.54 Å². The SMILES string of the molecule is C=CCN1C(=O)C(=O)N(CC(=O)c2ccc(Br)s2)C1=O. The fraction of sp³-hybridized carbons (Fsp3) is 0.167. The van der Waals surface area contributed by atoms with Crippen molar-refractivity contribution in [2.75, 3.05) is 13.1 Å². The summed E-state index contributed by atoms with van der Waals surface area (Å²) in [6.45, 7) is 2.91. The lowest BCUT2D eigenvalue weighted by atomic mass is 10.3. The van der Waals surface area contributed by atoms with E-state index in [-0.39, 0.29) is 6.54 Å². The van der Waals surface area contributed by atoms with E-state index in [1.165, 1.54) is 17.4 Å². The second kappa shape index (κ2) is 5.68. The first-order valence-corrected chi connectivity index (χ1v) is 7.13. The molecule has 0 unspecified atom stereocenters. The summed E-state index contributed by atoms with van der Waals surface area (Å²) < 4.78 is 0.768. The summed E-state index contributed by atoms with van der Waals surface area (Å²) in [5.74, 6) is -2.31. The summed E-state index contributed by atoms with van der Waals surface area (Å²) in [7, 11) is 0. The zero-order valence-electron chi connectivity index (χ0n) is 10.2. The molecule has 8 heteroatoms. The van der Waals surface area contributed by atoms with Crippen LogP contribution >= 0.6 is 27.3 Å². The van der Waals surface area contributed by atoms with E-state index >= 15 is 0 Å². The van der Waals surface area contributed by atoms with Gasteiger partial charge in [-0.05, 0) is 28.1 Å². The van der Waals surface area contributed by atoms with Crippen LogP contribution in [0.4, 0.5) is 4.79 Å². The number of carbonyl (C=O) groups is 4. The van der Waals surface area contributed by atoms with Gasteiger partial charge in [0.1, 0.15) is 0 Å². The van der Waals surface area contributed by atoms with Crippen molar-refractivity contribution in [3.63, 3.8) is 0 Å². The van der Waals surface area contributed by atoms with Gasteiger partial charge in [-0.15, -0.1) is 17.9 Å². The summed E-state index contributed by atoms with van der Waals surface area (Å²) in [4.78, 5) is 49.0. The van der Waals surface area contributed by atoms with E-state index in [0.717, 1.165) is 8.69 Å². The fourth-order valence-electron chi connectivity index (χ4n) is 1.67. The molecule has 20 heavy (non-hydrogen) atoms. The first-order valence-electron chi connectivity index (χ1n) is 5.52. The normalized spacial score (nSPS) is 15.2. The van der Waals surface area contributed by atoms with Gasteiger partial charge < -0.3 is 0 Å². The van der Waals surface area contributed by atoms with Crippen molar-refractivity contribution in [3.8, 4) is 0 Å². The lowest BCUT2D eigenvalue weighted by molar-refractivity contribution is -0.142. The van der Waals surface area contributed by atoms with Crippen molar-refractivity contribution in [3.05, 3.63) is 33.5 Å². The molecule has 0 aromatic carbocycles. The Morgan fingerprint density at radius 3 is 2.45 bits per heavy atom. The van der Waals surface area contributed by atoms with Crippen LogP contribution in [-0.4, -0.2) is 46.5 Å². The zero-order chi connectivity index (χ0) is 14.9. The number of amides is 4. The first kappa shape index (κ1) is 14.6. The van der Waals surface area contributed by atoms with Gasteiger partial charge in [0.2, 0.25) is 0 Å². The van der Waals surface area contributed by atoms with Gasteiger partial charge in [0.15, 0.2) is 5.78 Å². The van der Waals surface area contributed by atoms with E-state index in [4.69, 9.17) is 0 Å². The number of thiophene rings is 1. The van der Waals surface area contributed by atoms with Crippen LogP contribution in [0.2, 0.25) is 0 Å². The van der Waals surface area contributed by atoms with E-state index in [9.17, 15) is 19.2 Å². The third kappa shape index (κ3) is 2.56. The van der Waals surface area contributed by atoms with Gasteiger partial charge in [0.25, 0.3) is 0 Å². The summed E-state index contributed by atoms with van der Waals surface area (Å²) in [5, 5.41) is 0. The minimum absolute atomic E-state index is 0.0569. The quantitative estimate of drug-likeness (QED) is 0.348. The van der Waals surface area contributed by atoms with E-state index in [0.29, 0.717) is 9.78 Å². The Morgan fingerprint density at radius 2 is 1.90 bits per heavy atom. The highest BCUT2D eigenvalue weighted by Gasteiger charge is 2.44. The molecule has 0 N–H and O–H groups in total. The molecule has 0 atom stereocenters. The van der Waals surface area contributed by atoms with Crippen LogP contribution in [0.15, 0.2) is 28.6 Å². The Bertz CT molecular complexity index is 625. The van der Waals surface area contributed by atoms with E-state index < -0.39 is 30.2 Å². The fourth-order valence-corrected chi connectivity index (χ4v) is 2.98. The number of Topliss-reactive ketones (excluding diaryl/α,β-unsaturated/α-hetero) is 1. The molecule has 0 radical (unpaired) electrons. The van der Waals surface area contributed by atoms with Crippen LogP contribution in [0.5, 0.6) is 0 Å². The minimum atomic E-state index is -0.985. The van der Waals surface area contributed by atoms with Crippen molar-refractivity contribution in [1.82, 2.24) is 9.80 Å². The van der Waals surface area contributed by atoms with Crippen LogP contribution < -0.4 is 0 Å². The molecule has 2 heterocycles. The molecule has 1 aliphatic rings. The highest BCUT2D eigenvalue weighted by molar-refractivity contribution is 9.11. The summed E-state index contributed by atoms with van der Waals surface area (Å²) in [5.41, 5.74) is 0. The highest BCUT2D eigenvalue weighted by atomic mass is 79.9. The lowest BCUT2D eigenvalue weighted by Crippen LogP contribution is -2.36. The van der Waals surface area contributed by atoms with E-state index in [1.807, 2.05) is 0 Å². The number of carbonyl (C=O) groups excluding carboxylic acids is 4. The number of hydrogen-bond acceptors (Lipinski definition) is 5. The van der Waals surface area contributed by atoms with E-state index in [2.05, 4.69) is 22.5 Å². The van der Waals surface area contributed by atoms with Crippen LogP contribution in [0, 0.1) is 0 Å². The van der Waals surface area contributed by atoms with Crippen LogP contribution in [0.25, 0.3) is 0 Å². The van der Waals surface area contributed by atoms with Gasteiger partial charge in [-0.3, -0.25) is 19.3 Å². The molecule has 0 spiro atoms. The molecule has 6 nitrogen and oxygen atoms in total. The van der Waals surface area contributed by atoms with Crippen molar-refractivity contribution in [2.45, 2.75) is 0 Å². The molecule has 0 saturated carbocycles. The van der Waals surface area contributed by atoms with Gasteiger partial charge in [0.05, 0.1) is 15.2 Å². The van der Waals surface area contributed by atoms with Crippen molar-refractivity contribution in [2.24, 2.45) is 0 Å². The number of halogens is 1. The lowest BCUT2D eigenvalue weighted by Gasteiger charge is -2.12. The molecule has 0 bridgehead atoms. The van der Waals surface area contributed by atoms with Crippen molar-refractivity contribution < 1.29 is 19.2 Å². The van der Waals surface area contributed by atoms with Crippen LogP contribution in [0.1, 0.15) is 9.67 Å². The first-order chi connectivity index (χ1) is 9.45. The maximum atomic E-state index is 12.0. The number of rotatable bonds is 5. The molecule has 1 aliphatic heterocycles. The Morgan fingerprint density at radius 1 is 1.25 bits per heavy atom. The number of urea groups is 1. The smallest absolute Gasteiger partial charge is 0.291 e. The predicted octanol–water partition coefficient (Wildman–Crippen LogP) is 1.67. The topological polar surface area (TPSA) is 74.8 Å². The Hall–Kier alpha value is -1.80. The molecule has 1 aromatic heterocycles.